The van der Waals surface area contributed by atoms with Gasteiger partial charge in [0.05, 0.1) is 0 Å². The summed E-state index contributed by atoms with van der Waals surface area (Å²) < 4.78 is 0. The maximum atomic E-state index is 10.9. The van der Waals surface area contributed by atoms with Crippen LogP contribution >= 0.6 is 0 Å². The van der Waals surface area contributed by atoms with Gasteiger partial charge in [0.15, 0.2) is 0 Å². The van der Waals surface area contributed by atoms with Crippen LogP contribution in [0.1, 0.15) is 54.2 Å². The zero-order valence-corrected chi connectivity index (χ0v) is 18.1. The molecule has 1 saturated heterocycles. The average molecular weight is 418 g/mol. The maximum Gasteiger partial charge on any atom is 0.354 e. The summed E-state index contributed by atoms with van der Waals surface area (Å²) in [5, 5.41) is 12.9. The van der Waals surface area contributed by atoms with Crippen molar-refractivity contribution in [3.05, 3.63) is 71.1 Å². The number of nitrogens with zero attached hydrogens (tertiary/aromatic N) is 2. The number of carboxylic acids is 1. The number of pyridine rings is 1. The minimum Gasteiger partial charge on any atom is -0.477 e. The summed E-state index contributed by atoms with van der Waals surface area (Å²) in [6.07, 6.45) is 9.06. The molecule has 5 rings (SSSR count). The Morgan fingerprint density at radius 2 is 2.00 bits per heavy atom. The molecule has 1 spiro atoms. The highest BCUT2D eigenvalue weighted by Crippen LogP contribution is 2.50. The van der Waals surface area contributed by atoms with Gasteiger partial charge in [-0.2, -0.15) is 0 Å². The van der Waals surface area contributed by atoms with Gasteiger partial charge in [0.25, 0.3) is 0 Å². The van der Waals surface area contributed by atoms with Crippen molar-refractivity contribution in [1.29, 1.82) is 0 Å². The van der Waals surface area contributed by atoms with Crippen LogP contribution in [0.3, 0.4) is 0 Å². The van der Waals surface area contributed by atoms with E-state index in [0.717, 1.165) is 31.6 Å². The first-order chi connectivity index (χ1) is 15.0. The molecular formula is C26H31N3O2. The van der Waals surface area contributed by atoms with Crippen LogP contribution in [0.5, 0.6) is 0 Å². The van der Waals surface area contributed by atoms with Crippen molar-refractivity contribution in [1.82, 2.24) is 15.2 Å². The summed E-state index contributed by atoms with van der Waals surface area (Å²) in [6, 6.07) is 15.5. The predicted octanol–water partition coefficient (Wildman–Crippen LogP) is 4.22. The Morgan fingerprint density at radius 3 is 2.65 bits per heavy atom. The SMILES string of the molecule is CCC(=Cc1ccccc1)C1C[C@@H]1NC1CC2(C1)CN(Cc1ccc(C(=O)O)nc1)C2. The van der Waals surface area contributed by atoms with E-state index in [2.05, 4.69) is 58.5 Å². The molecule has 2 saturated carbocycles. The van der Waals surface area contributed by atoms with E-state index in [0.29, 0.717) is 23.4 Å². The van der Waals surface area contributed by atoms with Gasteiger partial charge < -0.3 is 10.4 Å². The van der Waals surface area contributed by atoms with Crippen LogP contribution in [-0.2, 0) is 6.54 Å². The Balaban J connectivity index is 1.05. The highest BCUT2D eigenvalue weighted by atomic mass is 16.4. The number of aromatic carboxylic acids is 1. The Kier molecular flexibility index (Phi) is 5.40. The van der Waals surface area contributed by atoms with Crippen molar-refractivity contribution >= 4 is 12.0 Å². The first-order valence-corrected chi connectivity index (χ1v) is 11.5. The van der Waals surface area contributed by atoms with Gasteiger partial charge in [0.1, 0.15) is 5.69 Å². The molecule has 2 atom stereocenters. The number of nitrogens with one attached hydrogen (secondary N) is 1. The van der Waals surface area contributed by atoms with E-state index in [1.807, 2.05) is 6.07 Å². The molecule has 0 radical (unpaired) electrons. The molecule has 1 aromatic heterocycles. The van der Waals surface area contributed by atoms with Crippen LogP contribution in [-0.4, -0.2) is 46.1 Å². The van der Waals surface area contributed by atoms with Crippen LogP contribution in [0, 0.1) is 11.3 Å². The van der Waals surface area contributed by atoms with Crippen LogP contribution in [0.25, 0.3) is 6.08 Å². The topological polar surface area (TPSA) is 65.5 Å². The summed E-state index contributed by atoms with van der Waals surface area (Å²) in [5.74, 6) is -0.261. The maximum absolute atomic E-state index is 10.9. The first-order valence-electron chi connectivity index (χ1n) is 11.5. The molecule has 5 nitrogen and oxygen atoms in total. The van der Waals surface area contributed by atoms with Crippen LogP contribution in [0.15, 0.2) is 54.2 Å². The van der Waals surface area contributed by atoms with E-state index in [1.165, 1.54) is 24.8 Å². The monoisotopic (exact) mass is 417 g/mol. The van der Waals surface area contributed by atoms with Crippen LogP contribution < -0.4 is 5.32 Å². The summed E-state index contributed by atoms with van der Waals surface area (Å²) in [4.78, 5) is 17.4. The summed E-state index contributed by atoms with van der Waals surface area (Å²) in [5.41, 5.74) is 4.60. The third-order valence-electron chi connectivity index (χ3n) is 7.20. The Morgan fingerprint density at radius 1 is 1.23 bits per heavy atom. The number of benzene rings is 1. The van der Waals surface area contributed by atoms with Gasteiger partial charge in [0, 0.05) is 37.9 Å². The fraction of sp³-hybridized carbons (Fsp3) is 0.462. The predicted molar refractivity (Wildman–Crippen MR) is 122 cm³/mol. The fourth-order valence-corrected chi connectivity index (χ4v) is 5.60. The molecule has 2 N–H and O–H groups in total. The molecule has 3 fully saturated rings. The number of rotatable bonds is 8. The third-order valence-corrected chi connectivity index (χ3v) is 7.20. The van der Waals surface area contributed by atoms with Gasteiger partial charge in [-0.05, 0) is 54.2 Å². The van der Waals surface area contributed by atoms with E-state index in [-0.39, 0.29) is 5.69 Å². The minimum absolute atomic E-state index is 0.111. The summed E-state index contributed by atoms with van der Waals surface area (Å²) in [7, 11) is 0. The second kappa shape index (κ2) is 8.21. The van der Waals surface area contributed by atoms with E-state index < -0.39 is 5.97 Å². The van der Waals surface area contributed by atoms with E-state index in [1.54, 1.807) is 17.8 Å². The molecule has 5 heteroatoms. The second-order valence-corrected chi connectivity index (χ2v) is 9.71. The van der Waals surface area contributed by atoms with E-state index in [9.17, 15) is 4.79 Å². The molecule has 1 aromatic carbocycles. The van der Waals surface area contributed by atoms with E-state index in [4.69, 9.17) is 5.11 Å². The molecule has 2 heterocycles. The Hall–Kier alpha value is -2.50. The van der Waals surface area contributed by atoms with Gasteiger partial charge in [-0.15, -0.1) is 0 Å². The molecule has 2 aliphatic carbocycles. The normalized spacial score (nSPS) is 25.1. The van der Waals surface area contributed by atoms with Gasteiger partial charge in [-0.3, -0.25) is 4.90 Å². The summed E-state index contributed by atoms with van der Waals surface area (Å²) >= 11 is 0. The van der Waals surface area contributed by atoms with Crippen LogP contribution in [0.4, 0.5) is 0 Å². The number of hydrogen-bond acceptors (Lipinski definition) is 4. The van der Waals surface area contributed by atoms with Gasteiger partial charge in [-0.1, -0.05) is 55.0 Å². The highest BCUT2D eigenvalue weighted by Gasteiger charge is 2.53. The van der Waals surface area contributed by atoms with Crippen molar-refractivity contribution in [3.8, 4) is 0 Å². The third kappa shape index (κ3) is 4.43. The van der Waals surface area contributed by atoms with Gasteiger partial charge in [0.2, 0.25) is 0 Å². The lowest BCUT2D eigenvalue weighted by Crippen LogP contribution is -2.65. The molecule has 3 aliphatic rings. The number of carboxylic acid groups (broad SMARTS) is 1. The van der Waals surface area contributed by atoms with Crippen molar-refractivity contribution in [2.24, 2.45) is 11.3 Å². The van der Waals surface area contributed by atoms with Crippen LogP contribution in [0.2, 0.25) is 0 Å². The number of aromatic nitrogens is 1. The molecule has 31 heavy (non-hydrogen) atoms. The molecule has 0 amide bonds. The van der Waals surface area contributed by atoms with Crippen molar-refractivity contribution in [2.75, 3.05) is 13.1 Å². The lowest BCUT2D eigenvalue weighted by atomic mass is 9.60. The van der Waals surface area contributed by atoms with Gasteiger partial charge >= 0.3 is 5.97 Å². The second-order valence-electron chi connectivity index (χ2n) is 9.71. The zero-order chi connectivity index (χ0) is 21.4. The number of carbonyl (C=O) groups is 1. The smallest absolute Gasteiger partial charge is 0.354 e. The van der Waals surface area contributed by atoms with E-state index >= 15 is 0 Å². The molecular weight excluding hydrogens is 386 g/mol. The minimum atomic E-state index is -0.970. The van der Waals surface area contributed by atoms with Crippen molar-refractivity contribution in [2.45, 2.75) is 51.2 Å². The lowest BCUT2D eigenvalue weighted by Gasteiger charge is -2.59. The highest BCUT2D eigenvalue weighted by molar-refractivity contribution is 5.85. The molecule has 2 aromatic rings. The van der Waals surface area contributed by atoms with Gasteiger partial charge in [-0.25, -0.2) is 9.78 Å². The number of likely N-dealkylation sites (tertiary alicyclic amines) is 1. The summed E-state index contributed by atoms with van der Waals surface area (Å²) in [6.45, 7) is 5.43. The Labute approximate surface area is 184 Å². The molecule has 162 valence electrons. The molecule has 1 unspecified atom stereocenters. The molecule has 1 aliphatic heterocycles. The first kappa shape index (κ1) is 20.4. The van der Waals surface area contributed by atoms with Crippen molar-refractivity contribution < 1.29 is 9.90 Å². The quantitative estimate of drug-likeness (QED) is 0.673. The standard InChI is InChI=1S/C26H31N3O2/c1-2-20(10-18-6-4-3-5-7-18)22-11-24(22)28-21-12-26(13-21)16-29(17-26)15-19-8-9-23(25(30)31)27-14-19/h3-10,14,21-22,24,28H,2,11-13,15-17H2,1H3,(H,30,31)/t22?,24-/m0/s1. The largest absolute Gasteiger partial charge is 0.477 e. The zero-order valence-electron chi connectivity index (χ0n) is 18.1. The lowest BCUT2D eigenvalue weighted by molar-refractivity contribution is -0.0834. The Bertz CT molecular complexity index is 956. The molecule has 0 bridgehead atoms. The van der Waals surface area contributed by atoms with Crippen molar-refractivity contribution in [3.63, 3.8) is 0 Å². The average Bonchev–Trinajstić information content (AvgIpc) is 3.49. The fourth-order valence-electron chi connectivity index (χ4n) is 5.60. The number of hydrogen-bond donors (Lipinski definition) is 2.